The van der Waals surface area contributed by atoms with E-state index in [0.29, 0.717) is 0 Å². The van der Waals surface area contributed by atoms with Gasteiger partial charge in [-0.25, -0.2) is 4.79 Å². The third kappa shape index (κ3) is 2.28. The molecule has 0 aromatic carbocycles. The van der Waals surface area contributed by atoms with E-state index in [4.69, 9.17) is 5.11 Å². The van der Waals surface area contributed by atoms with Crippen LogP contribution < -0.4 is 11.2 Å². The molecule has 0 amide bonds. The highest BCUT2D eigenvalue weighted by atomic mass is 79.9. The predicted octanol–water partition coefficient (Wildman–Crippen LogP) is -1.37. The normalized spacial score (nSPS) is 31.8. The minimum absolute atomic E-state index is 0.150. The number of nitrogens with zero attached hydrogens (tertiary/aromatic N) is 1. The molecule has 100 valence electrons. The van der Waals surface area contributed by atoms with Gasteiger partial charge in [-0.15, -0.1) is 11.8 Å². The number of aromatic amines is 1. The van der Waals surface area contributed by atoms with Crippen LogP contribution in [0.5, 0.6) is 0 Å². The van der Waals surface area contributed by atoms with Crippen LogP contribution in [0.15, 0.2) is 20.3 Å². The molecule has 4 N–H and O–H groups in total. The molecule has 0 radical (unpaired) electrons. The van der Waals surface area contributed by atoms with Crippen LogP contribution in [0, 0.1) is 0 Å². The van der Waals surface area contributed by atoms with Crippen LogP contribution in [0.25, 0.3) is 0 Å². The number of thioether (sulfide) groups is 1. The van der Waals surface area contributed by atoms with Crippen LogP contribution in [0.2, 0.25) is 0 Å². The molecule has 18 heavy (non-hydrogen) atoms. The standard InChI is InChI=1S/C9H11BrN2O5S/c10-3-1-12(9(17)11-7(3)16)8-6(15)5(14)4(2-13)18-8/h1,4-6,8,13-15H,2H2,(H,11,16,17)/t4-,5+,6+,8-/m0/s1. The molecule has 7 nitrogen and oxygen atoms in total. The van der Waals surface area contributed by atoms with Crippen molar-refractivity contribution in [2.24, 2.45) is 0 Å². The summed E-state index contributed by atoms with van der Waals surface area (Å²) in [4.78, 5) is 24.9. The monoisotopic (exact) mass is 338 g/mol. The van der Waals surface area contributed by atoms with Gasteiger partial charge in [0.15, 0.2) is 0 Å². The third-order valence-corrected chi connectivity index (χ3v) is 4.84. The summed E-state index contributed by atoms with van der Waals surface area (Å²) in [7, 11) is 0. The Morgan fingerprint density at radius 2 is 2.06 bits per heavy atom. The van der Waals surface area contributed by atoms with E-state index < -0.39 is 34.1 Å². The molecule has 0 spiro atoms. The zero-order valence-corrected chi connectivity index (χ0v) is 11.4. The van der Waals surface area contributed by atoms with Gasteiger partial charge in [-0.2, -0.15) is 0 Å². The molecule has 1 aliphatic heterocycles. The average Bonchev–Trinajstić information content (AvgIpc) is 2.61. The lowest BCUT2D eigenvalue weighted by molar-refractivity contribution is 0.0101. The fraction of sp³-hybridized carbons (Fsp3) is 0.556. The Kier molecular flexibility index (Phi) is 3.97. The number of halogens is 1. The summed E-state index contributed by atoms with van der Waals surface area (Å²) in [6.07, 6.45) is -1.06. The SMILES string of the molecule is O=c1[nH]c(=O)n([C@H]2S[C@@H](CO)[C@@H](O)[C@H]2O)cc1Br. The molecule has 2 rings (SSSR count). The van der Waals surface area contributed by atoms with E-state index >= 15 is 0 Å². The summed E-state index contributed by atoms with van der Waals surface area (Å²) < 4.78 is 1.27. The molecule has 0 unspecified atom stereocenters. The predicted molar refractivity (Wildman–Crippen MR) is 68.5 cm³/mol. The number of rotatable bonds is 2. The van der Waals surface area contributed by atoms with Crippen molar-refractivity contribution in [3.8, 4) is 0 Å². The number of aliphatic hydroxyl groups excluding tert-OH is 3. The first kappa shape index (κ1) is 13.8. The van der Waals surface area contributed by atoms with Crippen LogP contribution in [-0.2, 0) is 0 Å². The largest absolute Gasteiger partial charge is 0.395 e. The van der Waals surface area contributed by atoms with Crippen molar-refractivity contribution >= 4 is 27.7 Å². The first-order chi connectivity index (χ1) is 8.45. The first-order valence-electron chi connectivity index (χ1n) is 5.09. The van der Waals surface area contributed by atoms with Crippen molar-refractivity contribution in [1.82, 2.24) is 9.55 Å². The second-order valence-electron chi connectivity index (χ2n) is 3.87. The number of hydrogen-bond acceptors (Lipinski definition) is 6. The molecule has 2 heterocycles. The van der Waals surface area contributed by atoms with E-state index in [1.807, 2.05) is 0 Å². The number of nitrogens with one attached hydrogen (secondary N) is 1. The fourth-order valence-electron chi connectivity index (χ4n) is 1.76. The van der Waals surface area contributed by atoms with Crippen LogP contribution >= 0.6 is 27.7 Å². The summed E-state index contributed by atoms with van der Waals surface area (Å²) >= 11 is 4.07. The highest BCUT2D eigenvalue weighted by Gasteiger charge is 2.43. The van der Waals surface area contributed by atoms with Crippen molar-refractivity contribution < 1.29 is 15.3 Å². The minimum atomic E-state index is -1.19. The number of aliphatic hydroxyl groups is 3. The second-order valence-corrected chi connectivity index (χ2v) is 6.09. The van der Waals surface area contributed by atoms with Crippen molar-refractivity contribution in [3.63, 3.8) is 0 Å². The number of hydrogen-bond donors (Lipinski definition) is 4. The maximum atomic E-state index is 11.6. The Hall–Kier alpha value is -0.610. The maximum absolute atomic E-state index is 11.6. The lowest BCUT2D eigenvalue weighted by atomic mass is 10.1. The van der Waals surface area contributed by atoms with Crippen molar-refractivity contribution in [3.05, 3.63) is 31.5 Å². The number of aromatic nitrogens is 2. The van der Waals surface area contributed by atoms with Crippen LogP contribution in [0.3, 0.4) is 0 Å². The molecule has 1 saturated heterocycles. The van der Waals surface area contributed by atoms with Crippen molar-refractivity contribution in [2.45, 2.75) is 22.8 Å². The van der Waals surface area contributed by atoms with Crippen molar-refractivity contribution in [1.29, 1.82) is 0 Å². The Morgan fingerprint density at radius 1 is 1.39 bits per heavy atom. The molecule has 1 fully saturated rings. The van der Waals surface area contributed by atoms with E-state index in [0.717, 1.165) is 16.3 Å². The van der Waals surface area contributed by atoms with Gasteiger partial charge in [0.1, 0.15) is 11.5 Å². The van der Waals surface area contributed by atoms with Gasteiger partial charge in [0, 0.05) is 6.20 Å². The molecule has 0 bridgehead atoms. The molecule has 0 saturated carbocycles. The Bertz CT molecular complexity index is 559. The van der Waals surface area contributed by atoms with Gasteiger partial charge in [0.2, 0.25) is 0 Å². The molecule has 9 heteroatoms. The topological polar surface area (TPSA) is 116 Å². The third-order valence-electron chi connectivity index (χ3n) is 2.72. The Labute approximate surface area is 114 Å². The Balaban J connectivity index is 2.42. The number of H-pyrrole nitrogens is 1. The minimum Gasteiger partial charge on any atom is -0.395 e. The summed E-state index contributed by atoms with van der Waals surface area (Å²) in [6.45, 7) is -0.307. The lowest BCUT2D eigenvalue weighted by Crippen LogP contribution is -2.37. The van der Waals surface area contributed by atoms with Crippen LogP contribution in [-0.4, -0.2) is 48.9 Å². The smallest absolute Gasteiger partial charge is 0.329 e. The highest BCUT2D eigenvalue weighted by molar-refractivity contribution is 9.10. The van der Waals surface area contributed by atoms with Gasteiger partial charge in [0.05, 0.1) is 22.4 Å². The summed E-state index contributed by atoms with van der Waals surface area (Å²) in [6, 6.07) is 0. The van der Waals surface area contributed by atoms with Gasteiger partial charge in [0.25, 0.3) is 5.56 Å². The first-order valence-corrected chi connectivity index (χ1v) is 6.82. The molecule has 0 aliphatic carbocycles. The van der Waals surface area contributed by atoms with Gasteiger partial charge < -0.3 is 15.3 Å². The van der Waals surface area contributed by atoms with E-state index in [1.165, 1.54) is 6.20 Å². The summed E-state index contributed by atoms with van der Waals surface area (Å²) in [5.74, 6) is 0. The van der Waals surface area contributed by atoms with E-state index in [9.17, 15) is 19.8 Å². The molecule has 4 atom stereocenters. The van der Waals surface area contributed by atoms with Gasteiger partial charge in [-0.1, -0.05) is 0 Å². The highest BCUT2D eigenvalue weighted by Crippen LogP contribution is 2.40. The van der Waals surface area contributed by atoms with E-state index in [2.05, 4.69) is 20.9 Å². The maximum Gasteiger partial charge on any atom is 0.329 e. The zero-order valence-electron chi connectivity index (χ0n) is 8.99. The fourth-order valence-corrected chi connectivity index (χ4v) is 3.46. The van der Waals surface area contributed by atoms with Gasteiger partial charge in [-0.05, 0) is 15.9 Å². The zero-order chi connectivity index (χ0) is 13.4. The molecular formula is C9H11BrN2O5S. The van der Waals surface area contributed by atoms with Crippen molar-refractivity contribution in [2.75, 3.05) is 6.61 Å². The lowest BCUT2D eigenvalue weighted by Gasteiger charge is -2.17. The average molecular weight is 339 g/mol. The second kappa shape index (κ2) is 5.17. The van der Waals surface area contributed by atoms with Gasteiger partial charge in [-0.3, -0.25) is 14.3 Å². The Morgan fingerprint density at radius 3 is 2.61 bits per heavy atom. The quantitative estimate of drug-likeness (QED) is 0.528. The molecule has 1 aromatic rings. The molecule has 1 aliphatic rings. The van der Waals surface area contributed by atoms with Crippen LogP contribution in [0.4, 0.5) is 0 Å². The van der Waals surface area contributed by atoms with Gasteiger partial charge >= 0.3 is 5.69 Å². The van der Waals surface area contributed by atoms with E-state index in [-0.39, 0.29) is 11.1 Å². The molecular weight excluding hydrogens is 328 g/mol. The van der Waals surface area contributed by atoms with Crippen LogP contribution in [0.1, 0.15) is 5.37 Å². The summed E-state index contributed by atoms with van der Waals surface area (Å²) in [5.41, 5.74) is -1.24. The van der Waals surface area contributed by atoms with E-state index in [1.54, 1.807) is 0 Å². The summed E-state index contributed by atoms with van der Waals surface area (Å²) in [5, 5.41) is 27.2. The molecule has 1 aromatic heterocycles.